The number of fused-ring (bicyclic) bond motifs is 1. The summed E-state index contributed by atoms with van der Waals surface area (Å²) in [5.74, 6) is 0.157. The second-order valence-electron chi connectivity index (χ2n) is 6.45. The van der Waals surface area contributed by atoms with Crippen LogP contribution in [0.4, 0.5) is 0 Å². The van der Waals surface area contributed by atoms with Gasteiger partial charge in [-0.1, -0.05) is 35.9 Å². The molecule has 0 bridgehead atoms. The van der Waals surface area contributed by atoms with Crippen molar-refractivity contribution in [2.24, 2.45) is 0 Å². The first-order valence-corrected chi connectivity index (χ1v) is 9.01. The van der Waals surface area contributed by atoms with Crippen molar-refractivity contribution in [2.75, 3.05) is 20.3 Å². The Hall–Kier alpha value is -2.08. The van der Waals surface area contributed by atoms with Crippen LogP contribution in [0.5, 0.6) is 5.75 Å². The lowest BCUT2D eigenvalue weighted by Gasteiger charge is -2.36. The quantitative estimate of drug-likeness (QED) is 0.763. The Balaban J connectivity index is 1.83. The lowest BCUT2D eigenvalue weighted by Crippen LogP contribution is -2.50. The predicted molar refractivity (Wildman–Crippen MR) is 101 cm³/mol. The Morgan fingerprint density at radius 3 is 2.85 bits per heavy atom. The summed E-state index contributed by atoms with van der Waals surface area (Å²) in [5, 5.41) is 13.7. The SMILES string of the molecule is COCCNC(=O)C1Cc2ccccc2CN1Cc1cc(Cl)ccc1O. The molecular formula is C20H23ClN2O3. The van der Waals surface area contributed by atoms with Gasteiger partial charge in [0.05, 0.1) is 12.6 Å². The molecule has 2 aromatic carbocycles. The third-order valence-electron chi connectivity index (χ3n) is 4.67. The van der Waals surface area contributed by atoms with Crippen LogP contribution in [-0.2, 0) is 29.0 Å². The van der Waals surface area contributed by atoms with E-state index in [-0.39, 0.29) is 17.7 Å². The van der Waals surface area contributed by atoms with Gasteiger partial charge < -0.3 is 15.2 Å². The minimum Gasteiger partial charge on any atom is -0.508 e. The smallest absolute Gasteiger partial charge is 0.237 e. The summed E-state index contributed by atoms with van der Waals surface area (Å²) in [4.78, 5) is 14.8. The standard InChI is InChI=1S/C20H23ClN2O3/c1-26-9-8-22-20(25)18-11-14-4-2-3-5-15(14)12-23(18)13-16-10-17(21)6-7-19(16)24/h2-7,10,18,24H,8-9,11-13H2,1H3,(H,22,25). The van der Waals surface area contributed by atoms with E-state index in [9.17, 15) is 9.90 Å². The van der Waals surface area contributed by atoms with Crippen LogP contribution in [0.25, 0.3) is 0 Å². The van der Waals surface area contributed by atoms with E-state index in [1.807, 2.05) is 12.1 Å². The lowest BCUT2D eigenvalue weighted by atomic mass is 9.93. The van der Waals surface area contributed by atoms with E-state index in [1.54, 1.807) is 25.3 Å². The topological polar surface area (TPSA) is 61.8 Å². The Labute approximate surface area is 158 Å². The van der Waals surface area contributed by atoms with Crippen molar-refractivity contribution < 1.29 is 14.6 Å². The van der Waals surface area contributed by atoms with Gasteiger partial charge in [0.2, 0.25) is 5.91 Å². The number of ether oxygens (including phenoxy) is 1. The molecule has 1 heterocycles. The number of carbonyl (C=O) groups is 1. The first-order chi connectivity index (χ1) is 12.6. The van der Waals surface area contributed by atoms with Crippen molar-refractivity contribution in [1.29, 1.82) is 0 Å². The fraction of sp³-hybridized carbons (Fsp3) is 0.350. The zero-order chi connectivity index (χ0) is 18.5. The summed E-state index contributed by atoms with van der Waals surface area (Å²) < 4.78 is 5.01. The van der Waals surface area contributed by atoms with Crippen molar-refractivity contribution in [3.63, 3.8) is 0 Å². The number of halogens is 1. The number of phenols is 1. The van der Waals surface area contributed by atoms with Crippen LogP contribution < -0.4 is 5.32 Å². The summed E-state index contributed by atoms with van der Waals surface area (Å²) in [7, 11) is 1.61. The van der Waals surface area contributed by atoms with Gasteiger partial charge in [0.15, 0.2) is 0 Å². The molecule has 0 spiro atoms. The minimum absolute atomic E-state index is 0.0296. The summed E-state index contributed by atoms with van der Waals surface area (Å²) >= 11 is 6.08. The van der Waals surface area contributed by atoms with Crippen molar-refractivity contribution in [2.45, 2.75) is 25.6 Å². The molecule has 0 saturated heterocycles. The van der Waals surface area contributed by atoms with Gasteiger partial charge >= 0.3 is 0 Å². The van der Waals surface area contributed by atoms with Crippen LogP contribution in [0.15, 0.2) is 42.5 Å². The number of carbonyl (C=O) groups excluding carboxylic acids is 1. The molecule has 2 aromatic rings. The van der Waals surface area contributed by atoms with Crippen LogP contribution in [-0.4, -0.2) is 42.2 Å². The second kappa shape index (κ2) is 8.54. The van der Waals surface area contributed by atoms with Gasteiger partial charge in [-0.05, 0) is 35.7 Å². The van der Waals surface area contributed by atoms with Crippen molar-refractivity contribution >= 4 is 17.5 Å². The monoisotopic (exact) mass is 374 g/mol. The number of benzene rings is 2. The zero-order valence-electron chi connectivity index (χ0n) is 14.7. The molecule has 1 aliphatic heterocycles. The Kier molecular flexibility index (Phi) is 6.14. The predicted octanol–water partition coefficient (Wildman–Crippen LogP) is 2.74. The minimum atomic E-state index is -0.305. The van der Waals surface area contributed by atoms with Crippen LogP contribution in [0.2, 0.25) is 5.02 Å². The maximum absolute atomic E-state index is 12.7. The van der Waals surface area contributed by atoms with E-state index in [4.69, 9.17) is 16.3 Å². The highest BCUT2D eigenvalue weighted by Crippen LogP contribution is 2.28. The number of methoxy groups -OCH3 is 1. The average molecular weight is 375 g/mol. The number of hydrogen-bond donors (Lipinski definition) is 2. The molecule has 3 rings (SSSR count). The summed E-state index contributed by atoms with van der Waals surface area (Å²) in [6.07, 6.45) is 0.635. The van der Waals surface area contributed by atoms with E-state index >= 15 is 0 Å². The number of rotatable bonds is 6. The van der Waals surface area contributed by atoms with Gasteiger partial charge in [-0.3, -0.25) is 9.69 Å². The third-order valence-corrected chi connectivity index (χ3v) is 4.90. The molecule has 6 heteroatoms. The van der Waals surface area contributed by atoms with E-state index in [2.05, 4.69) is 22.3 Å². The van der Waals surface area contributed by atoms with Crippen LogP contribution >= 0.6 is 11.6 Å². The summed E-state index contributed by atoms with van der Waals surface area (Å²) in [6, 6.07) is 12.8. The van der Waals surface area contributed by atoms with Crippen molar-refractivity contribution in [3.8, 4) is 5.75 Å². The van der Waals surface area contributed by atoms with E-state index in [0.717, 1.165) is 0 Å². The molecule has 1 atom stereocenters. The largest absolute Gasteiger partial charge is 0.508 e. The molecule has 0 fully saturated rings. The number of nitrogens with zero attached hydrogens (tertiary/aromatic N) is 1. The number of phenolic OH excluding ortho intramolecular Hbond substituents is 1. The van der Waals surface area contributed by atoms with Gasteiger partial charge in [-0.25, -0.2) is 0 Å². The molecule has 0 aliphatic carbocycles. The maximum Gasteiger partial charge on any atom is 0.237 e. The Morgan fingerprint density at radius 2 is 2.08 bits per heavy atom. The fourth-order valence-electron chi connectivity index (χ4n) is 3.30. The Morgan fingerprint density at radius 1 is 1.31 bits per heavy atom. The molecule has 0 radical (unpaired) electrons. The third kappa shape index (κ3) is 4.36. The van der Waals surface area contributed by atoms with Crippen molar-refractivity contribution in [3.05, 3.63) is 64.2 Å². The molecule has 1 unspecified atom stereocenters. The summed E-state index contributed by atoms with van der Waals surface area (Å²) in [6.45, 7) is 2.04. The average Bonchev–Trinajstić information content (AvgIpc) is 2.64. The number of amides is 1. The first kappa shape index (κ1) is 18.7. The molecule has 1 amide bonds. The van der Waals surface area contributed by atoms with Gasteiger partial charge in [-0.15, -0.1) is 0 Å². The summed E-state index contributed by atoms with van der Waals surface area (Å²) in [5.41, 5.74) is 3.10. The van der Waals surface area contributed by atoms with Gasteiger partial charge in [-0.2, -0.15) is 0 Å². The fourth-order valence-corrected chi connectivity index (χ4v) is 3.49. The maximum atomic E-state index is 12.7. The molecule has 0 aromatic heterocycles. The number of nitrogens with one attached hydrogen (secondary N) is 1. The molecule has 138 valence electrons. The van der Waals surface area contributed by atoms with Crippen molar-refractivity contribution in [1.82, 2.24) is 10.2 Å². The van der Waals surface area contributed by atoms with Crippen LogP contribution in [0.3, 0.4) is 0 Å². The Bertz CT molecular complexity index is 781. The van der Waals surface area contributed by atoms with E-state index in [0.29, 0.717) is 43.2 Å². The van der Waals surface area contributed by atoms with Gasteiger partial charge in [0, 0.05) is 37.3 Å². The number of aromatic hydroxyl groups is 1. The number of hydrogen-bond acceptors (Lipinski definition) is 4. The molecule has 2 N–H and O–H groups in total. The molecule has 0 saturated carbocycles. The highest BCUT2D eigenvalue weighted by atomic mass is 35.5. The molecule has 5 nitrogen and oxygen atoms in total. The van der Waals surface area contributed by atoms with Crippen LogP contribution in [0, 0.1) is 0 Å². The van der Waals surface area contributed by atoms with Gasteiger partial charge in [0.1, 0.15) is 5.75 Å². The highest BCUT2D eigenvalue weighted by molar-refractivity contribution is 6.30. The molecule has 26 heavy (non-hydrogen) atoms. The van der Waals surface area contributed by atoms with E-state index in [1.165, 1.54) is 11.1 Å². The van der Waals surface area contributed by atoms with Crippen LogP contribution in [0.1, 0.15) is 16.7 Å². The molecular weight excluding hydrogens is 352 g/mol. The zero-order valence-corrected chi connectivity index (χ0v) is 15.5. The normalized spacial score (nSPS) is 16.9. The highest BCUT2D eigenvalue weighted by Gasteiger charge is 2.31. The van der Waals surface area contributed by atoms with E-state index < -0.39 is 0 Å². The van der Waals surface area contributed by atoms with Gasteiger partial charge in [0.25, 0.3) is 0 Å². The second-order valence-corrected chi connectivity index (χ2v) is 6.89. The lowest BCUT2D eigenvalue weighted by molar-refractivity contribution is -0.127. The molecule has 1 aliphatic rings. The first-order valence-electron chi connectivity index (χ1n) is 8.63.